The van der Waals surface area contributed by atoms with Crippen LogP contribution in [0.25, 0.3) is 0 Å². The minimum atomic E-state index is -3.96. The normalized spacial score (nSPS) is 13.1. The number of carbonyl (C=O) groups is 3. The average molecular weight is 802 g/mol. The topological polar surface area (TPSA) is 151 Å². The number of benzene rings is 3. The summed E-state index contributed by atoms with van der Waals surface area (Å²) in [5, 5.41) is 16.3. The van der Waals surface area contributed by atoms with E-state index >= 15 is 0 Å². The van der Waals surface area contributed by atoms with E-state index in [4.69, 9.17) is 9.47 Å². The molecule has 3 aromatic carbocycles. The van der Waals surface area contributed by atoms with E-state index in [-0.39, 0.29) is 37.2 Å². The fourth-order valence-corrected chi connectivity index (χ4v) is 8.51. The van der Waals surface area contributed by atoms with E-state index in [9.17, 15) is 36.7 Å². The van der Waals surface area contributed by atoms with Crippen molar-refractivity contribution in [2.24, 2.45) is 0 Å². The van der Waals surface area contributed by atoms with Crippen LogP contribution in [0.5, 0.6) is 5.75 Å². The highest BCUT2D eigenvalue weighted by molar-refractivity contribution is 7.92. The average Bonchev–Trinajstić information content (AvgIpc) is 3.16. The Morgan fingerprint density at radius 1 is 0.839 bits per heavy atom. The molecule has 3 amide bonds. The summed E-state index contributed by atoms with van der Waals surface area (Å²) in [5.41, 5.74) is 2.00. The molecular formula is C42H57F2N3O8S. The van der Waals surface area contributed by atoms with E-state index in [1.807, 2.05) is 52.0 Å². The summed E-state index contributed by atoms with van der Waals surface area (Å²) in [5.74, 6) is -3.71. The minimum Gasteiger partial charge on any atom is -0.497 e. The summed E-state index contributed by atoms with van der Waals surface area (Å²) in [4.78, 5) is 42.4. The number of halogens is 2. The second-order valence-electron chi connectivity index (χ2n) is 14.0. The number of aliphatic hydroxyl groups is 1. The van der Waals surface area contributed by atoms with Gasteiger partial charge in [0.05, 0.1) is 43.4 Å². The lowest BCUT2D eigenvalue weighted by molar-refractivity contribution is -0.124. The monoisotopic (exact) mass is 801 g/mol. The van der Waals surface area contributed by atoms with Crippen LogP contribution < -0.4 is 15.4 Å². The van der Waals surface area contributed by atoms with Gasteiger partial charge in [0, 0.05) is 18.2 Å². The van der Waals surface area contributed by atoms with Crippen LogP contribution in [0.3, 0.4) is 0 Å². The molecule has 0 aliphatic heterocycles. The molecule has 3 rings (SSSR count). The first-order valence-electron chi connectivity index (χ1n) is 19.3. The first-order chi connectivity index (χ1) is 26.7. The van der Waals surface area contributed by atoms with Crippen molar-refractivity contribution >= 4 is 27.7 Å². The van der Waals surface area contributed by atoms with E-state index < -0.39 is 68.6 Å². The van der Waals surface area contributed by atoms with Gasteiger partial charge in [0.1, 0.15) is 23.4 Å². The largest absolute Gasteiger partial charge is 0.497 e. The van der Waals surface area contributed by atoms with Crippen LogP contribution in [0.1, 0.15) is 93.3 Å². The van der Waals surface area contributed by atoms with Gasteiger partial charge in [0.2, 0.25) is 5.91 Å². The smallest absolute Gasteiger partial charge is 0.410 e. The summed E-state index contributed by atoms with van der Waals surface area (Å²) in [6, 6.07) is 13.4. The molecule has 0 saturated heterocycles. The van der Waals surface area contributed by atoms with Gasteiger partial charge in [-0.1, -0.05) is 71.2 Å². The first-order valence-corrected chi connectivity index (χ1v) is 21.0. The van der Waals surface area contributed by atoms with Gasteiger partial charge < -0.3 is 30.1 Å². The van der Waals surface area contributed by atoms with Crippen molar-refractivity contribution in [1.29, 1.82) is 0 Å². The molecule has 0 aliphatic rings. The van der Waals surface area contributed by atoms with Crippen LogP contribution in [0, 0.1) is 11.6 Å². The molecule has 0 radical (unpaired) electrons. The van der Waals surface area contributed by atoms with Gasteiger partial charge in [-0.25, -0.2) is 22.0 Å². The summed E-state index contributed by atoms with van der Waals surface area (Å²) in [6.45, 7) is 7.46. The highest BCUT2D eigenvalue weighted by Crippen LogP contribution is 2.20. The standard InChI is InChI=1S/C42H57F2N3O8S/c1-6-10-20-55-42(51)47(26-30-15-11-14-29(9-4)21-30)27-39(48)37(24-31-22-33(43)25-34(44)23-31)45-41(50)38(28-56(52,53)36(12-7-2)13-8-3)46-40(49)32-16-18-35(54-5)19-17-32/h11,14-19,21-23,25,36-39,48H,6-10,12-13,20,24,26-28H2,1-5H3,(H,45,50)(H,46,49)/t37-,38?,39+/m0/s1. The first kappa shape index (κ1) is 45.8. The number of aliphatic hydroxyl groups excluding tert-OH is 1. The number of rotatable bonds is 23. The maximum Gasteiger partial charge on any atom is 0.410 e. The second-order valence-corrected chi connectivity index (χ2v) is 16.3. The van der Waals surface area contributed by atoms with Crippen molar-refractivity contribution in [2.45, 2.75) is 109 Å². The van der Waals surface area contributed by atoms with Gasteiger partial charge in [-0.15, -0.1) is 0 Å². The molecule has 3 aromatic rings. The van der Waals surface area contributed by atoms with Crippen molar-refractivity contribution < 1.29 is 46.2 Å². The highest BCUT2D eigenvalue weighted by atomic mass is 32.2. The molecule has 0 bridgehead atoms. The molecule has 0 saturated carbocycles. The van der Waals surface area contributed by atoms with Gasteiger partial charge in [0.15, 0.2) is 9.84 Å². The Hall–Kier alpha value is -4.56. The number of unbranched alkanes of at least 4 members (excludes halogenated alkanes) is 1. The van der Waals surface area contributed by atoms with Gasteiger partial charge in [-0.2, -0.15) is 0 Å². The zero-order valence-electron chi connectivity index (χ0n) is 33.1. The Balaban J connectivity index is 2.02. The molecule has 0 fully saturated rings. The molecule has 3 atom stereocenters. The second kappa shape index (κ2) is 22.9. The molecule has 0 aliphatic carbocycles. The van der Waals surface area contributed by atoms with Crippen LogP contribution in [-0.4, -0.2) is 85.8 Å². The number of aryl methyl sites for hydroxylation is 1. The Bertz CT molecular complexity index is 1800. The lowest BCUT2D eigenvalue weighted by Crippen LogP contribution is -2.57. The quantitative estimate of drug-likeness (QED) is 0.0915. The molecule has 1 unspecified atom stereocenters. The molecule has 308 valence electrons. The van der Waals surface area contributed by atoms with Crippen molar-refractivity contribution in [1.82, 2.24) is 15.5 Å². The lowest BCUT2D eigenvalue weighted by atomic mass is 9.99. The minimum absolute atomic E-state index is 0.0418. The van der Waals surface area contributed by atoms with Gasteiger partial charge in [-0.3, -0.25) is 9.59 Å². The Morgan fingerprint density at radius 2 is 1.48 bits per heavy atom. The Kier molecular flexibility index (Phi) is 18.7. The lowest BCUT2D eigenvalue weighted by Gasteiger charge is -2.31. The van der Waals surface area contributed by atoms with E-state index in [1.54, 1.807) is 12.1 Å². The van der Waals surface area contributed by atoms with Gasteiger partial charge >= 0.3 is 6.09 Å². The number of hydrogen-bond acceptors (Lipinski definition) is 8. The summed E-state index contributed by atoms with van der Waals surface area (Å²) >= 11 is 0. The number of nitrogens with zero attached hydrogens (tertiary/aromatic N) is 1. The molecule has 0 heterocycles. The van der Waals surface area contributed by atoms with Crippen LogP contribution in [0.2, 0.25) is 0 Å². The SMILES string of the molecule is CCCCOC(=O)N(Cc1cccc(CC)c1)C[C@@H](O)[C@H](Cc1cc(F)cc(F)c1)NC(=O)C(CS(=O)(=O)C(CCC)CCC)NC(=O)c1ccc(OC)cc1. The summed E-state index contributed by atoms with van der Waals surface area (Å²) in [7, 11) is -2.50. The maximum atomic E-state index is 14.4. The summed E-state index contributed by atoms with van der Waals surface area (Å²) in [6.07, 6.45) is 1.43. The van der Waals surface area contributed by atoms with E-state index in [1.165, 1.54) is 24.1 Å². The van der Waals surface area contributed by atoms with E-state index in [0.29, 0.717) is 43.9 Å². The molecule has 0 aromatic heterocycles. The Morgan fingerprint density at radius 3 is 2.07 bits per heavy atom. The number of methoxy groups -OCH3 is 1. The van der Waals surface area contributed by atoms with Gasteiger partial charge in [0.25, 0.3) is 5.91 Å². The number of amides is 3. The maximum absolute atomic E-state index is 14.4. The number of nitrogens with one attached hydrogen (secondary N) is 2. The predicted molar refractivity (Wildman–Crippen MR) is 212 cm³/mol. The molecular weight excluding hydrogens is 745 g/mol. The molecule has 14 heteroatoms. The zero-order chi connectivity index (χ0) is 41.3. The third kappa shape index (κ3) is 14.5. The van der Waals surface area contributed by atoms with Crippen molar-refractivity contribution in [3.63, 3.8) is 0 Å². The van der Waals surface area contributed by atoms with E-state index in [0.717, 1.165) is 36.1 Å². The molecule has 0 spiro atoms. The number of sulfone groups is 1. The number of ether oxygens (including phenoxy) is 2. The van der Waals surface area contributed by atoms with E-state index in [2.05, 4.69) is 10.6 Å². The number of hydrogen-bond donors (Lipinski definition) is 3. The van der Waals surface area contributed by atoms with Gasteiger partial charge in [-0.05, 0) is 85.2 Å². The fraction of sp³-hybridized carbons (Fsp3) is 0.500. The van der Waals surface area contributed by atoms with Crippen LogP contribution in [-0.2, 0) is 38.8 Å². The zero-order valence-corrected chi connectivity index (χ0v) is 33.9. The highest BCUT2D eigenvalue weighted by Gasteiger charge is 2.35. The van der Waals surface area contributed by atoms with Crippen molar-refractivity contribution in [3.05, 3.63) is 101 Å². The van der Waals surface area contributed by atoms with Crippen LogP contribution >= 0.6 is 0 Å². The molecule has 11 nitrogen and oxygen atoms in total. The van der Waals surface area contributed by atoms with Crippen LogP contribution in [0.4, 0.5) is 13.6 Å². The predicted octanol–water partition coefficient (Wildman–Crippen LogP) is 6.55. The third-order valence-electron chi connectivity index (χ3n) is 9.43. The van der Waals surface area contributed by atoms with Crippen LogP contribution in [0.15, 0.2) is 66.7 Å². The number of carbonyl (C=O) groups excluding carboxylic acids is 3. The fourth-order valence-electron chi connectivity index (χ4n) is 6.35. The van der Waals surface area contributed by atoms with Crippen molar-refractivity contribution in [3.8, 4) is 5.75 Å². The third-order valence-corrected chi connectivity index (χ3v) is 11.7. The Labute approximate surface area is 330 Å². The summed E-state index contributed by atoms with van der Waals surface area (Å²) < 4.78 is 67.1. The van der Waals surface area contributed by atoms with Crippen molar-refractivity contribution in [2.75, 3.05) is 26.0 Å². The molecule has 56 heavy (non-hydrogen) atoms. The molecule has 3 N–H and O–H groups in total.